The fourth-order valence-electron chi connectivity index (χ4n) is 2.27. The summed E-state index contributed by atoms with van der Waals surface area (Å²) in [5, 5.41) is 3.80. The minimum atomic E-state index is -0.582. The molecule has 0 radical (unpaired) electrons. The number of oxime groups is 1. The second kappa shape index (κ2) is 10.6. The number of hydrogen-bond donors (Lipinski definition) is 0. The normalized spacial score (nSPS) is 10.9. The molecule has 0 saturated carbocycles. The minimum absolute atomic E-state index is 0.0842. The minimum Gasteiger partial charge on any atom is -0.488 e. The molecule has 0 fully saturated rings. The van der Waals surface area contributed by atoms with Gasteiger partial charge in [0.15, 0.2) is 5.71 Å². The van der Waals surface area contributed by atoms with Crippen LogP contribution in [0, 0.1) is 0 Å². The molecular weight excluding hydrogens is 546 g/mol. The molecule has 0 saturated heterocycles. The number of nitrogens with zero attached hydrogens (tertiary/aromatic N) is 1. The first kappa shape index (κ1) is 21.7. The van der Waals surface area contributed by atoms with Gasteiger partial charge in [0.05, 0.1) is 15.0 Å². The molecule has 0 N–H and O–H groups in total. The third-order valence-electron chi connectivity index (χ3n) is 3.45. The third kappa shape index (κ3) is 6.19. The number of rotatable bonds is 7. The molecule has 5 nitrogen and oxygen atoms in total. The largest absolute Gasteiger partial charge is 0.488 e. The van der Waals surface area contributed by atoms with Gasteiger partial charge >= 0.3 is 5.97 Å². The van der Waals surface area contributed by atoms with Crippen LogP contribution in [-0.2, 0) is 21.0 Å². The molecule has 0 aromatic heterocycles. The van der Waals surface area contributed by atoms with E-state index >= 15 is 0 Å². The van der Waals surface area contributed by atoms with Crippen molar-refractivity contribution in [2.75, 3.05) is 14.2 Å². The number of benzene rings is 2. The van der Waals surface area contributed by atoms with E-state index in [-0.39, 0.29) is 12.3 Å². The van der Waals surface area contributed by atoms with Gasteiger partial charge in [0.1, 0.15) is 19.5 Å². The van der Waals surface area contributed by atoms with E-state index in [1.165, 1.54) is 14.2 Å². The second-order valence-electron chi connectivity index (χ2n) is 5.18. The summed E-state index contributed by atoms with van der Waals surface area (Å²) >= 11 is 10.2. The van der Waals surface area contributed by atoms with Crippen molar-refractivity contribution in [1.29, 1.82) is 0 Å². The van der Waals surface area contributed by atoms with Crippen LogP contribution in [0.4, 0.5) is 0 Å². The molecule has 0 aliphatic carbocycles. The lowest BCUT2D eigenvalue weighted by Gasteiger charge is -2.13. The van der Waals surface area contributed by atoms with Crippen molar-refractivity contribution < 1.29 is 19.1 Å². The van der Waals surface area contributed by atoms with Crippen LogP contribution in [0.15, 0.2) is 55.5 Å². The number of halogens is 3. The van der Waals surface area contributed by atoms with Gasteiger partial charge in [0.2, 0.25) is 0 Å². The van der Waals surface area contributed by atoms with E-state index in [1.807, 2.05) is 42.5 Å². The van der Waals surface area contributed by atoms with Crippen molar-refractivity contribution in [2.45, 2.75) is 6.61 Å². The predicted octanol–water partition coefficient (Wildman–Crippen LogP) is 5.64. The van der Waals surface area contributed by atoms with Gasteiger partial charge in [-0.1, -0.05) is 35.5 Å². The maximum Gasteiger partial charge on any atom is 0.360 e. The molecule has 0 aliphatic rings. The summed E-state index contributed by atoms with van der Waals surface area (Å²) in [5.74, 6) is 0.0953. The van der Waals surface area contributed by atoms with Gasteiger partial charge in [-0.2, -0.15) is 0 Å². The molecule has 142 valence electrons. The molecule has 0 amide bonds. The third-order valence-corrected chi connectivity index (χ3v) is 4.53. The Bertz CT molecular complexity index is 877. The molecule has 0 heterocycles. The maximum atomic E-state index is 12.0. The highest BCUT2D eigenvalue weighted by Crippen LogP contribution is 2.29. The molecule has 0 aliphatic heterocycles. The average Bonchev–Trinajstić information content (AvgIpc) is 2.65. The molecule has 8 heteroatoms. The van der Waals surface area contributed by atoms with Crippen LogP contribution in [-0.4, -0.2) is 25.9 Å². The lowest BCUT2D eigenvalue weighted by Crippen LogP contribution is -2.19. The zero-order valence-corrected chi connectivity index (χ0v) is 19.3. The second-order valence-corrected chi connectivity index (χ2v) is 8.81. The Labute approximate surface area is 182 Å². The summed E-state index contributed by atoms with van der Waals surface area (Å²) in [4.78, 5) is 16.8. The predicted molar refractivity (Wildman–Crippen MR) is 116 cm³/mol. The molecule has 2 aromatic carbocycles. The quantitative estimate of drug-likeness (QED) is 0.249. The highest BCUT2D eigenvalue weighted by atomic mass is 79.9. The highest BCUT2D eigenvalue weighted by Gasteiger charge is 2.19. The first-order valence-electron chi connectivity index (χ1n) is 7.69. The Morgan fingerprint density at radius 1 is 1.15 bits per heavy atom. The SMILES string of the molecule is CO/N=C(/C(=O)OC)c1ccccc1COc1ccc(C=C(Br)Br)cc1Br. The molecule has 0 unspecified atom stereocenters. The van der Waals surface area contributed by atoms with Crippen molar-refractivity contribution in [1.82, 2.24) is 0 Å². The summed E-state index contributed by atoms with van der Waals surface area (Å²) < 4.78 is 12.4. The van der Waals surface area contributed by atoms with Crippen LogP contribution < -0.4 is 4.74 Å². The standard InChI is InChI=1S/C19H16Br3NO4/c1-25-19(24)18(23-26-2)14-6-4-3-5-13(14)11-27-16-8-7-12(9-15(16)20)10-17(21)22/h3-10H,11H2,1-2H3/b23-18+. The molecule has 2 rings (SSSR count). The summed E-state index contributed by atoms with van der Waals surface area (Å²) in [6, 6.07) is 13.0. The van der Waals surface area contributed by atoms with Crippen molar-refractivity contribution in [3.05, 3.63) is 67.0 Å². The van der Waals surface area contributed by atoms with E-state index in [9.17, 15) is 4.79 Å². The van der Waals surface area contributed by atoms with Crippen LogP contribution in [0.1, 0.15) is 16.7 Å². The number of ether oxygens (including phenoxy) is 2. The van der Waals surface area contributed by atoms with Gasteiger partial charge in [-0.3, -0.25) is 0 Å². The van der Waals surface area contributed by atoms with Crippen molar-refractivity contribution in [2.24, 2.45) is 5.16 Å². The highest BCUT2D eigenvalue weighted by molar-refractivity contribution is 9.28. The number of carbonyl (C=O) groups is 1. The van der Waals surface area contributed by atoms with E-state index in [2.05, 4.69) is 52.9 Å². The first-order valence-corrected chi connectivity index (χ1v) is 10.1. The number of carbonyl (C=O) groups excluding carboxylic acids is 1. The topological polar surface area (TPSA) is 57.1 Å². The summed E-state index contributed by atoms with van der Waals surface area (Å²) in [7, 11) is 2.67. The van der Waals surface area contributed by atoms with Gasteiger partial charge < -0.3 is 14.3 Å². The smallest absolute Gasteiger partial charge is 0.360 e. The number of methoxy groups -OCH3 is 1. The number of hydrogen-bond acceptors (Lipinski definition) is 5. The monoisotopic (exact) mass is 559 g/mol. The Balaban J connectivity index is 2.26. The van der Waals surface area contributed by atoms with Gasteiger partial charge in [-0.15, -0.1) is 0 Å². The fraction of sp³-hybridized carbons (Fsp3) is 0.158. The molecule has 0 atom stereocenters. The van der Waals surface area contributed by atoms with E-state index in [0.717, 1.165) is 19.0 Å². The maximum absolute atomic E-state index is 12.0. The van der Waals surface area contributed by atoms with Crippen molar-refractivity contribution in [3.63, 3.8) is 0 Å². The number of esters is 1. The summed E-state index contributed by atoms with van der Waals surface area (Å²) in [6.45, 7) is 0.242. The van der Waals surface area contributed by atoms with E-state index in [0.29, 0.717) is 11.3 Å². The fourth-order valence-corrected chi connectivity index (χ4v) is 3.31. The van der Waals surface area contributed by atoms with Crippen LogP contribution >= 0.6 is 47.8 Å². The van der Waals surface area contributed by atoms with E-state index in [1.54, 1.807) is 6.07 Å². The van der Waals surface area contributed by atoms with Gasteiger partial charge in [-0.25, -0.2) is 4.79 Å². The Morgan fingerprint density at radius 3 is 2.52 bits per heavy atom. The summed E-state index contributed by atoms with van der Waals surface area (Å²) in [5.41, 5.74) is 2.45. The molecule has 2 aromatic rings. The lowest BCUT2D eigenvalue weighted by molar-refractivity contribution is -0.132. The lowest BCUT2D eigenvalue weighted by atomic mass is 10.0. The Morgan fingerprint density at radius 2 is 1.89 bits per heavy atom. The van der Waals surface area contributed by atoms with E-state index in [4.69, 9.17) is 14.3 Å². The molecule has 27 heavy (non-hydrogen) atoms. The van der Waals surface area contributed by atoms with Gasteiger partial charge in [0.25, 0.3) is 0 Å². The van der Waals surface area contributed by atoms with Gasteiger partial charge in [-0.05, 0) is 77.1 Å². The summed E-state index contributed by atoms with van der Waals surface area (Å²) in [6.07, 6.45) is 1.92. The van der Waals surface area contributed by atoms with Crippen molar-refractivity contribution >= 4 is 65.5 Å². The Kier molecular flexibility index (Phi) is 8.53. The zero-order chi connectivity index (χ0) is 19.8. The van der Waals surface area contributed by atoms with Crippen molar-refractivity contribution in [3.8, 4) is 5.75 Å². The average molecular weight is 562 g/mol. The van der Waals surface area contributed by atoms with Crippen LogP contribution in [0.5, 0.6) is 5.75 Å². The molecular formula is C19H16Br3NO4. The zero-order valence-electron chi connectivity index (χ0n) is 14.5. The van der Waals surface area contributed by atoms with Crippen LogP contribution in [0.25, 0.3) is 6.08 Å². The molecule has 0 spiro atoms. The van der Waals surface area contributed by atoms with Crippen LogP contribution in [0.3, 0.4) is 0 Å². The Hall–Kier alpha value is -1.64. The molecule has 0 bridgehead atoms. The first-order chi connectivity index (χ1) is 13.0. The van der Waals surface area contributed by atoms with E-state index < -0.39 is 5.97 Å². The van der Waals surface area contributed by atoms with Crippen LogP contribution in [0.2, 0.25) is 0 Å². The van der Waals surface area contributed by atoms with Gasteiger partial charge in [0, 0.05) is 5.56 Å².